The first-order chi connectivity index (χ1) is 15.2. The highest BCUT2D eigenvalue weighted by molar-refractivity contribution is 4.94. The van der Waals surface area contributed by atoms with E-state index in [1.807, 2.05) is 0 Å². The van der Waals surface area contributed by atoms with Crippen LogP contribution in [0.3, 0.4) is 0 Å². The number of hydrogen-bond donors (Lipinski definition) is 9. The van der Waals surface area contributed by atoms with Gasteiger partial charge >= 0.3 is 0 Å². The Labute approximate surface area is 184 Å². The van der Waals surface area contributed by atoms with Crippen LogP contribution in [-0.4, -0.2) is 130 Å². The topological polar surface area (TPSA) is 246 Å². The molecule has 0 spiro atoms. The van der Waals surface area contributed by atoms with E-state index in [9.17, 15) is 30.6 Å². The molecule has 3 saturated heterocycles. The summed E-state index contributed by atoms with van der Waals surface area (Å²) in [5.74, 6) is 0. The fourth-order valence-electron chi connectivity index (χ4n) is 4.11. The first-order valence-electron chi connectivity index (χ1n) is 10.6. The van der Waals surface area contributed by atoms with Gasteiger partial charge in [-0.3, -0.25) is 0 Å². The summed E-state index contributed by atoms with van der Waals surface area (Å²) < 4.78 is 28.2. The summed E-state index contributed by atoms with van der Waals surface area (Å²) in [7, 11) is 0. The van der Waals surface area contributed by atoms with Crippen molar-refractivity contribution in [1.29, 1.82) is 0 Å². The number of hydrogen-bond acceptors (Lipinski definition) is 14. The number of aliphatic hydroxyl groups is 6. The highest BCUT2D eigenvalue weighted by Gasteiger charge is 2.47. The van der Waals surface area contributed by atoms with Crippen LogP contribution in [0.2, 0.25) is 0 Å². The molecular formula is C18H35N3O11. The molecule has 188 valence electrons. The van der Waals surface area contributed by atoms with Crippen molar-refractivity contribution in [3.63, 3.8) is 0 Å². The van der Waals surface area contributed by atoms with Gasteiger partial charge in [0, 0.05) is 0 Å². The highest BCUT2D eigenvalue weighted by Crippen LogP contribution is 2.30. The molecule has 13 atom stereocenters. The molecule has 0 saturated carbocycles. The van der Waals surface area contributed by atoms with Crippen molar-refractivity contribution in [2.24, 2.45) is 17.2 Å². The van der Waals surface area contributed by atoms with E-state index in [0.717, 1.165) is 0 Å². The smallest absolute Gasteiger partial charge is 0.176 e. The monoisotopic (exact) mass is 469 g/mol. The van der Waals surface area contributed by atoms with E-state index in [0.29, 0.717) is 0 Å². The number of rotatable bonds is 7. The van der Waals surface area contributed by atoms with E-state index in [-0.39, 0.29) is 12.8 Å². The first-order valence-corrected chi connectivity index (χ1v) is 10.6. The molecule has 0 amide bonds. The summed E-state index contributed by atoms with van der Waals surface area (Å²) >= 11 is 0. The lowest BCUT2D eigenvalue weighted by Crippen LogP contribution is -2.64. The average Bonchev–Trinajstić information content (AvgIpc) is 2.77. The Morgan fingerprint density at radius 2 is 1.16 bits per heavy atom. The summed E-state index contributed by atoms with van der Waals surface area (Å²) in [5, 5.41) is 58.4. The molecule has 14 nitrogen and oxygen atoms in total. The zero-order valence-corrected chi connectivity index (χ0v) is 17.5. The van der Waals surface area contributed by atoms with Crippen LogP contribution in [0.4, 0.5) is 0 Å². The van der Waals surface area contributed by atoms with Crippen LogP contribution >= 0.6 is 0 Å². The quantitative estimate of drug-likeness (QED) is 0.169. The molecule has 12 N–H and O–H groups in total. The molecule has 0 aromatic rings. The minimum atomic E-state index is -1.39. The van der Waals surface area contributed by atoms with Gasteiger partial charge in [0.1, 0.15) is 30.5 Å². The Balaban J connectivity index is 1.62. The maximum atomic E-state index is 10.1. The maximum Gasteiger partial charge on any atom is 0.176 e. The third kappa shape index (κ3) is 5.56. The van der Waals surface area contributed by atoms with Gasteiger partial charge in [0.25, 0.3) is 0 Å². The minimum absolute atomic E-state index is 0.150. The van der Waals surface area contributed by atoms with Gasteiger partial charge in [0.05, 0.1) is 50.2 Å². The maximum absolute atomic E-state index is 10.1. The summed E-state index contributed by atoms with van der Waals surface area (Å²) in [4.78, 5) is 0. The molecular weight excluding hydrogens is 434 g/mol. The molecule has 3 aliphatic heterocycles. The minimum Gasteiger partial charge on any atom is -0.394 e. The van der Waals surface area contributed by atoms with Crippen LogP contribution < -0.4 is 17.2 Å². The number of ether oxygens (including phenoxy) is 5. The Bertz CT molecular complexity index is 590. The van der Waals surface area contributed by atoms with Crippen molar-refractivity contribution in [2.75, 3.05) is 19.8 Å². The van der Waals surface area contributed by atoms with Gasteiger partial charge in [-0.2, -0.15) is 0 Å². The second-order valence-electron chi connectivity index (χ2n) is 8.41. The molecule has 0 aromatic heterocycles. The number of aliphatic hydroxyl groups excluding tert-OH is 6. The van der Waals surface area contributed by atoms with E-state index in [1.54, 1.807) is 0 Å². The van der Waals surface area contributed by atoms with E-state index >= 15 is 0 Å². The zero-order chi connectivity index (χ0) is 23.6. The highest BCUT2D eigenvalue weighted by atomic mass is 16.7. The van der Waals surface area contributed by atoms with Gasteiger partial charge in [-0.15, -0.1) is 0 Å². The summed E-state index contributed by atoms with van der Waals surface area (Å²) in [6.07, 6.45) is -10.2. The van der Waals surface area contributed by atoms with Crippen molar-refractivity contribution in [1.82, 2.24) is 0 Å². The third-order valence-corrected chi connectivity index (χ3v) is 6.08. The zero-order valence-electron chi connectivity index (χ0n) is 17.5. The Kier molecular flexibility index (Phi) is 9.15. The molecule has 0 aliphatic carbocycles. The van der Waals surface area contributed by atoms with Crippen molar-refractivity contribution in [2.45, 2.75) is 92.6 Å². The summed E-state index contributed by atoms with van der Waals surface area (Å²) in [6, 6.07) is -2.57. The van der Waals surface area contributed by atoms with Crippen LogP contribution in [0.5, 0.6) is 0 Å². The fraction of sp³-hybridized carbons (Fsp3) is 1.00. The summed E-state index contributed by atoms with van der Waals surface area (Å²) in [5.41, 5.74) is 17.9. The normalized spacial score (nSPS) is 50.3. The lowest BCUT2D eigenvalue weighted by atomic mass is 9.96. The van der Waals surface area contributed by atoms with Gasteiger partial charge < -0.3 is 71.5 Å². The van der Waals surface area contributed by atoms with E-state index < -0.39 is 99.5 Å². The van der Waals surface area contributed by atoms with Crippen LogP contribution in [0.15, 0.2) is 0 Å². The standard InChI is InChI=1S/C18H35N3O11/c19-6-1-8(10(3-22)28-16(6)27)29-17-7(20)2-9(11(4-23)31-17)30-18-13(21)15(26)14(25)12(5-24)32-18/h6-18,22-27H,1-5,19-21H2/t6?,7?,8-,9-,10?,11?,12?,13?,14+,15?,16+,17+,18+/m0/s1. The number of nitrogens with two attached hydrogens (primary N) is 3. The van der Waals surface area contributed by atoms with Crippen molar-refractivity contribution < 1.29 is 54.3 Å². The second-order valence-corrected chi connectivity index (χ2v) is 8.41. The van der Waals surface area contributed by atoms with Gasteiger partial charge in [0.15, 0.2) is 18.9 Å². The third-order valence-electron chi connectivity index (χ3n) is 6.08. The van der Waals surface area contributed by atoms with Crippen molar-refractivity contribution in [3.05, 3.63) is 0 Å². The lowest BCUT2D eigenvalue weighted by Gasteiger charge is -2.46. The molecule has 0 aromatic carbocycles. The fourth-order valence-corrected chi connectivity index (χ4v) is 4.11. The second kappa shape index (κ2) is 11.2. The van der Waals surface area contributed by atoms with Crippen LogP contribution in [0, 0.1) is 0 Å². The molecule has 32 heavy (non-hydrogen) atoms. The van der Waals surface area contributed by atoms with Gasteiger partial charge in [-0.1, -0.05) is 0 Å². The average molecular weight is 469 g/mol. The Hall–Kier alpha value is -0.560. The molecule has 0 radical (unpaired) electrons. The lowest BCUT2D eigenvalue weighted by molar-refractivity contribution is -0.324. The van der Waals surface area contributed by atoms with E-state index in [4.69, 9.17) is 40.9 Å². The molecule has 3 heterocycles. The molecule has 14 heteroatoms. The molecule has 0 bridgehead atoms. The first kappa shape index (κ1) is 26.1. The van der Waals surface area contributed by atoms with E-state index in [1.165, 1.54) is 0 Å². The van der Waals surface area contributed by atoms with Crippen LogP contribution in [0.25, 0.3) is 0 Å². The predicted octanol–water partition coefficient (Wildman–Crippen LogP) is -5.62. The Morgan fingerprint density at radius 3 is 1.75 bits per heavy atom. The molecule has 3 fully saturated rings. The van der Waals surface area contributed by atoms with Crippen molar-refractivity contribution >= 4 is 0 Å². The molecule has 3 rings (SSSR count). The van der Waals surface area contributed by atoms with Crippen LogP contribution in [0.1, 0.15) is 12.8 Å². The summed E-state index contributed by atoms with van der Waals surface area (Å²) in [6.45, 7) is -1.43. The van der Waals surface area contributed by atoms with Gasteiger partial charge in [-0.05, 0) is 12.8 Å². The van der Waals surface area contributed by atoms with Gasteiger partial charge in [-0.25, -0.2) is 0 Å². The SMILES string of the molecule is NC1C[C@H](O[C@@H]2OC(CO)[C@@H](O)C(O)C2N)C(CO)O[C@H]1O[C@H]1CC(N)[C@H](O)OC1CO. The van der Waals surface area contributed by atoms with Gasteiger partial charge in [0.2, 0.25) is 0 Å². The molecule has 7 unspecified atom stereocenters. The molecule has 3 aliphatic rings. The Morgan fingerprint density at radius 1 is 0.656 bits per heavy atom. The van der Waals surface area contributed by atoms with Crippen molar-refractivity contribution in [3.8, 4) is 0 Å². The van der Waals surface area contributed by atoms with E-state index in [2.05, 4.69) is 0 Å². The predicted molar refractivity (Wildman–Crippen MR) is 104 cm³/mol. The van der Waals surface area contributed by atoms with Crippen LogP contribution in [-0.2, 0) is 23.7 Å². The largest absolute Gasteiger partial charge is 0.394 e.